The molecule has 0 atom stereocenters. The Kier molecular flexibility index (Phi) is 9.50. The second-order valence-corrected chi connectivity index (χ2v) is 0.963. The van der Waals surface area contributed by atoms with Gasteiger partial charge in [0, 0.05) is 6.92 Å². The van der Waals surface area contributed by atoms with E-state index in [-0.39, 0.29) is 31.8 Å². The van der Waals surface area contributed by atoms with Gasteiger partial charge in [0.05, 0.1) is 0 Å². The zero-order valence-electron chi connectivity index (χ0n) is 3.40. The number of esters is 1. The van der Waals surface area contributed by atoms with Crippen molar-refractivity contribution in [2.45, 2.75) is 6.92 Å². The molecule has 0 N–H and O–H groups in total. The number of rotatable bonds is 1. The summed E-state index contributed by atoms with van der Waals surface area (Å²) in [5.74, 6) is -0.343. The summed E-state index contributed by atoms with van der Waals surface area (Å²) >= 11 is 4.95. The molecule has 0 unspecified atom stereocenters. The molecule has 0 spiro atoms. The van der Waals surface area contributed by atoms with Crippen molar-refractivity contribution in [1.82, 2.24) is 0 Å². The molecule has 0 aromatic heterocycles. The van der Waals surface area contributed by atoms with Crippen LogP contribution in [0.15, 0.2) is 0 Å². The van der Waals surface area contributed by atoms with Gasteiger partial charge in [-0.05, 0) is 0 Å². The predicted molar refractivity (Wildman–Crippen MR) is 32.4 cm³/mol. The monoisotopic (exact) mass is 180 g/mol. The van der Waals surface area contributed by atoms with Crippen molar-refractivity contribution in [3.8, 4) is 0 Å². The molecule has 0 aliphatic heterocycles. The average Bonchev–Trinajstić information content (AvgIpc) is 1.35. The van der Waals surface area contributed by atoms with E-state index in [0.29, 0.717) is 0 Å². The normalized spacial score (nSPS) is 6.57. The van der Waals surface area contributed by atoms with E-state index >= 15 is 0 Å². The van der Waals surface area contributed by atoms with Crippen LogP contribution in [0, 0.1) is 0 Å². The first-order valence-electron chi connectivity index (χ1n) is 1.46. The minimum absolute atomic E-state index is 0. The Morgan fingerprint density at radius 3 is 2.29 bits per heavy atom. The molecule has 2 nitrogen and oxygen atoms in total. The second-order valence-electron chi connectivity index (χ2n) is 0.745. The van der Waals surface area contributed by atoms with Gasteiger partial charge < -0.3 is 4.74 Å². The van der Waals surface area contributed by atoms with Gasteiger partial charge in [-0.3, -0.25) is 4.79 Å². The zero-order chi connectivity index (χ0) is 4.99. The summed E-state index contributed by atoms with van der Waals surface area (Å²) in [6, 6.07) is -0.0463. The first-order valence-corrected chi connectivity index (χ1v) is 2.00. The topological polar surface area (TPSA) is 26.3 Å². The van der Waals surface area contributed by atoms with Crippen molar-refractivity contribution < 1.29 is 9.53 Å². The molecule has 0 aliphatic carbocycles. The second kappa shape index (κ2) is 6.40. The molecule has 0 rings (SSSR count). The van der Waals surface area contributed by atoms with Gasteiger partial charge in [0.1, 0.15) is 0 Å². The third-order valence-electron chi connectivity index (χ3n) is 0.258. The Labute approximate surface area is 60.2 Å². The van der Waals surface area contributed by atoms with Gasteiger partial charge >= 0.3 is 25.8 Å². The summed E-state index contributed by atoms with van der Waals surface area (Å²) in [6.07, 6.45) is 0. The molecule has 0 aromatic carbocycles. The fraction of sp³-hybridized carbons (Fsp3) is 0.667. The number of alkyl halides is 1. The van der Waals surface area contributed by atoms with Crippen LogP contribution in [0.2, 0.25) is 0 Å². The molecule has 0 aromatic rings. The molecule has 0 saturated heterocycles. The molecule has 0 amide bonds. The first-order chi connectivity index (χ1) is 2.77. The number of ether oxygens (including phenoxy) is 1. The molecule has 0 fully saturated rings. The molecule has 42 valence electrons. The van der Waals surface area contributed by atoms with E-state index in [9.17, 15) is 4.79 Å². The van der Waals surface area contributed by atoms with Crippen LogP contribution < -0.4 is 0 Å². The first kappa shape index (κ1) is 10.4. The number of carbonyl (C=O) groups excluding carboxylic acids is 1. The van der Waals surface area contributed by atoms with Gasteiger partial charge in [0.15, 0.2) is 6.07 Å². The third kappa shape index (κ3) is 10.7. The SMILES string of the molecule is CC(=O)OCCl.[GaH3]. The molecular weight excluding hydrogens is 173 g/mol. The summed E-state index contributed by atoms with van der Waals surface area (Å²) in [6.45, 7) is 1.31. The number of hydrogen-bond acceptors (Lipinski definition) is 2. The standard InChI is InChI=1S/C3H5ClO2.Ga.3H/c1-3(5)6-2-4;;;;/h2H2,1H3;;;;. The zero-order valence-corrected chi connectivity index (χ0v) is 4.16. The third-order valence-corrected chi connectivity index (χ3v) is 0.367. The summed E-state index contributed by atoms with van der Waals surface area (Å²) in [7, 11) is 0. The quantitative estimate of drug-likeness (QED) is 0.311. The maximum absolute atomic E-state index is 9.74. The van der Waals surface area contributed by atoms with Crippen LogP contribution in [0.4, 0.5) is 0 Å². The van der Waals surface area contributed by atoms with Crippen LogP contribution in [0.3, 0.4) is 0 Å². The molecule has 7 heavy (non-hydrogen) atoms. The summed E-state index contributed by atoms with van der Waals surface area (Å²) < 4.78 is 4.17. The van der Waals surface area contributed by atoms with Gasteiger partial charge in [-0.25, -0.2) is 0 Å². The van der Waals surface area contributed by atoms with E-state index in [1.165, 1.54) is 6.92 Å². The van der Waals surface area contributed by atoms with Crippen LogP contribution in [-0.2, 0) is 9.53 Å². The van der Waals surface area contributed by atoms with Crippen LogP contribution in [0.25, 0.3) is 0 Å². The Bertz CT molecular complexity index is 56.9. The van der Waals surface area contributed by atoms with Crippen LogP contribution in [0.5, 0.6) is 0 Å². The number of hydrogen-bond donors (Lipinski definition) is 0. The van der Waals surface area contributed by atoms with Gasteiger partial charge in [-0.15, -0.1) is 0 Å². The fourth-order valence-corrected chi connectivity index (χ4v) is 0.230. The van der Waals surface area contributed by atoms with Crippen LogP contribution >= 0.6 is 11.6 Å². The minimum atomic E-state index is -0.343. The molecule has 0 aliphatic rings. The molecule has 0 radical (unpaired) electrons. The van der Waals surface area contributed by atoms with Crippen LogP contribution in [-0.4, -0.2) is 31.8 Å². The van der Waals surface area contributed by atoms with Gasteiger partial charge in [-0.1, -0.05) is 11.6 Å². The van der Waals surface area contributed by atoms with E-state index in [0.717, 1.165) is 0 Å². The molecule has 0 bridgehead atoms. The number of carbonyl (C=O) groups is 1. The summed E-state index contributed by atoms with van der Waals surface area (Å²) in [5.41, 5.74) is 0. The Hall–Kier alpha value is 0.396. The van der Waals surface area contributed by atoms with Gasteiger partial charge in [-0.2, -0.15) is 0 Å². The predicted octanol–water partition coefficient (Wildman–Crippen LogP) is -0.438. The Morgan fingerprint density at radius 2 is 2.29 bits per heavy atom. The van der Waals surface area contributed by atoms with Gasteiger partial charge in [0.2, 0.25) is 0 Å². The van der Waals surface area contributed by atoms with E-state index < -0.39 is 0 Å². The van der Waals surface area contributed by atoms with E-state index in [2.05, 4.69) is 4.74 Å². The molecular formula is C3H8ClGaO2. The fourth-order valence-electron chi connectivity index (χ4n) is 0.0768. The van der Waals surface area contributed by atoms with Gasteiger partial charge in [0.25, 0.3) is 0 Å². The van der Waals surface area contributed by atoms with Crippen molar-refractivity contribution in [3.05, 3.63) is 0 Å². The average molecular weight is 181 g/mol. The molecule has 4 heteroatoms. The maximum atomic E-state index is 9.74. The van der Waals surface area contributed by atoms with Crippen molar-refractivity contribution in [3.63, 3.8) is 0 Å². The van der Waals surface area contributed by atoms with Crippen molar-refractivity contribution in [1.29, 1.82) is 0 Å². The van der Waals surface area contributed by atoms with E-state index in [4.69, 9.17) is 11.6 Å². The number of halogens is 1. The van der Waals surface area contributed by atoms with E-state index in [1.54, 1.807) is 0 Å². The van der Waals surface area contributed by atoms with Crippen LogP contribution in [0.1, 0.15) is 6.92 Å². The Morgan fingerprint density at radius 1 is 1.86 bits per heavy atom. The summed E-state index contributed by atoms with van der Waals surface area (Å²) in [5, 5.41) is 0. The van der Waals surface area contributed by atoms with Crippen molar-refractivity contribution >= 4 is 37.4 Å². The van der Waals surface area contributed by atoms with E-state index in [1.807, 2.05) is 0 Å². The Balaban J connectivity index is 0. The molecule has 0 saturated carbocycles. The van der Waals surface area contributed by atoms with Crippen molar-refractivity contribution in [2.24, 2.45) is 0 Å². The summed E-state index contributed by atoms with van der Waals surface area (Å²) in [4.78, 5) is 9.74. The molecule has 0 heterocycles. The van der Waals surface area contributed by atoms with Crippen molar-refractivity contribution in [2.75, 3.05) is 6.07 Å².